The summed E-state index contributed by atoms with van der Waals surface area (Å²) in [7, 11) is 3.27. The van der Waals surface area contributed by atoms with Gasteiger partial charge in [0.1, 0.15) is 6.04 Å². The van der Waals surface area contributed by atoms with Gasteiger partial charge >= 0.3 is 0 Å². The van der Waals surface area contributed by atoms with E-state index in [9.17, 15) is 4.79 Å². The van der Waals surface area contributed by atoms with Crippen molar-refractivity contribution in [3.63, 3.8) is 0 Å². The van der Waals surface area contributed by atoms with Crippen molar-refractivity contribution >= 4 is 11.9 Å². The number of carbonyl (C=O) groups excluding carboxylic acids is 1. The van der Waals surface area contributed by atoms with Crippen molar-refractivity contribution in [1.82, 2.24) is 25.5 Å². The van der Waals surface area contributed by atoms with Crippen LogP contribution in [-0.4, -0.2) is 39.2 Å². The molecule has 1 rings (SSSR count). The number of hydrogen-bond donors (Lipinski definition) is 2. The highest BCUT2D eigenvalue weighted by Gasteiger charge is 2.12. The molecule has 7 heteroatoms. The second-order valence-corrected chi connectivity index (χ2v) is 2.61. The Hall–Kier alpha value is -1.66. The van der Waals surface area contributed by atoms with E-state index in [0.29, 0.717) is 5.95 Å². The van der Waals surface area contributed by atoms with Crippen molar-refractivity contribution in [2.45, 2.75) is 13.0 Å². The normalized spacial score (nSPS) is 12.2. The molecule has 0 radical (unpaired) electrons. The molecule has 0 aliphatic rings. The fourth-order valence-corrected chi connectivity index (χ4v) is 0.827. The molecule has 1 heterocycles. The van der Waals surface area contributed by atoms with Gasteiger partial charge in [-0.05, 0) is 17.4 Å². The number of carbonyl (C=O) groups is 1. The number of nitrogens with one attached hydrogen (secondary N) is 2. The Morgan fingerprint density at radius 1 is 1.62 bits per heavy atom. The minimum atomic E-state index is -0.352. The molecule has 7 nitrogen and oxygen atoms in total. The molecule has 72 valence electrons. The van der Waals surface area contributed by atoms with Crippen LogP contribution in [0.2, 0.25) is 0 Å². The predicted molar refractivity (Wildman–Crippen MR) is 45.9 cm³/mol. The summed E-state index contributed by atoms with van der Waals surface area (Å²) < 4.78 is 1.46. The Morgan fingerprint density at radius 2 is 2.31 bits per heavy atom. The average molecular weight is 184 g/mol. The number of amides is 1. The number of likely N-dealkylation sites (N-methyl/N-ethyl adjacent to an activating group) is 1. The van der Waals surface area contributed by atoms with Crippen LogP contribution in [0.25, 0.3) is 0 Å². The molecule has 2 N–H and O–H groups in total. The molecule has 0 bridgehead atoms. The molecular weight excluding hydrogens is 172 g/mol. The number of hydrogen-bond acceptors (Lipinski definition) is 5. The second-order valence-electron chi connectivity index (χ2n) is 2.61. The zero-order valence-corrected chi connectivity index (χ0v) is 7.77. The first-order chi connectivity index (χ1) is 6.15. The highest BCUT2D eigenvalue weighted by atomic mass is 16.2. The molecule has 1 amide bonds. The van der Waals surface area contributed by atoms with Crippen LogP contribution in [0.1, 0.15) is 6.92 Å². The molecule has 1 aromatic heterocycles. The van der Waals surface area contributed by atoms with Crippen LogP contribution in [0.4, 0.5) is 5.95 Å². The lowest BCUT2D eigenvalue weighted by Gasteiger charge is -2.10. The topological polar surface area (TPSA) is 84.7 Å². The van der Waals surface area contributed by atoms with Gasteiger partial charge in [-0.3, -0.25) is 4.79 Å². The molecule has 0 spiro atoms. The van der Waals surface area contributed by atoms with Gasteiger partial charge in [-0.15, -0.1) is 0 Å². The van der Waals surface area contributed by atoms with Gasteiger partial charge in [-0.25, -0.2) is 4.68 Å². The van der Waals surface area contributed by atoms with Crippen LogP contribution >= 0.6 is 0 Å². The van der Waals surface area contributed by atoms with E-state index in [4.69, 9.17) is 0 Å². The van der Waals surface area contributed by atoms with Crippen molar-refractivity contribution in [3.8, 4) is 0 Å². The SMILES string of the molecule is CNC(=O)C(C)Nc1nnnn1C. The Labute approximate surface area is 75.5 Å². The second kappa shape index (κ2) is 3.83. The summed E-state index contributed by atoms with van der Waals surface area (Å²) in [6.07, 6.45) is 0. The Morgan fingerprint density at radius 3 is 2.77 bits per heavy atom. The van der Waals surface area contributed by atoms with E-state index < -0.39 is 0 Å². The van der Waals surface area contributed by atoms with Crippen molar-refractivity contribution in [2.24, 2.45) is 7.05 Å². The first-order valence-electron chi connectivity index (χ1n) is 3.85. The van der Waals surface area contributed by atoms with Gasteiger partial charge in [0.2, 0.25) is 11.9 Å². The fourth-order valence-electron chi connectivity index (χ4n) is 0.827. The molecule has 1 atom stereocenters. The van der Waals surface area contributed by atoms with Crippen LogP contribution in [0.15, 0.2) is 0 Å². The highest BCUT2D eigenvalue weighted by Crippen LogP contribution is 1.98. The zero-order chi connectivity index (χ0) is 9.84. The smallest absolute Gasteiger partial charge is 0.243 e. The largest absolute Gasteiger partial charge is 0.357 e. The zero-order valence-electron chi connectivity index (χ0n) is 7.77. The minimum absolute atomic E-state index is 0.108. The number of aryl methyl sites for hydroxylation is 1. The number of rotatable bonds is 3. The van der Waals surface area contributed by atoms with Crippen molar-refractivity contribution < 1.29 is 4.79 Å². The van der Waals surface area contributed by atoms with Gasteiger partial charge in [-0.1, -0.05) is 5.10 Å². The summed E-state index contributed by atoms with van der Waals surface area (Å²) in [5, 5.41) is 16.1. The van der Waals surface area contributed by atoms with Gasteiger partial charge in [0.15, 0.2) is 0 Å². The monoisotopic (exact) mass is 184 g/mol. The number of anilines is 1. The maximum Gasteiger partial charge on any atom is 0.243 e. The summed E-state index contributed by atoms with van der Waals surface area (Å²) in [5.74, 6) is 0.360. The van der Waals surface area contributed by atoms with Crippen LogP contribution < -0.4 is 10.6 Å². The molecular formula is C6H12N6O. The first-order valence-corrected chi connectivity index (χ1v) is 3.85. The van der Waals surface area contributed by atoms with Crippen LogP contribution in [0, 0.1) is 0 Å². The Kier molecular flexibility index (Phi) is 2.78. The quantitative estimate of drug-likeness (QED) is 0.613. The molecule has 0 saturated heterocycles. The van der Waals surface area contributed by atoms with E-state index >= 15 is 0 Å². The number of tetrazole rings is 1. The van der Waals surface area contributed by atoms with E-state index in [-0.39, 0.29) is 11.9 Å². The number of aromatic nitrogens is 4. The highest BCUT2D eigenvalue weighted by molar-refractivity contribution is 5.83. The lowest BCUT2D eigenvalue weighted by Crippen LogP contribution is -2.35. The molecule has 1 unspecified atom stereocenters. The summed E-state index contributed by atoms with van der Waals surface area (Å²) >= 11 is 0. The van der Waals surface area contributed by atoms with E-state index in [1.807, 2.05) is 0 Å². The molecule has 0 aliphatic carbocycles. The molecule has 0 aliphatic heterocycles. The lowest BCUT2D eigenvalue weighted by molar-refractivity contribution is -0.121. The summed E-state index contributed by atoms with van der Waals surface area (Å²) in [6.45, 7) is 1.73. The van der Waals surface area contributed by atoms with Crippen LogP contribution in [0.5, 0.6) is 0 Å². The van der Waals surface area contributed by atoms with Gasteiger partial charge in [0, 0.05) is 14.1 Å². The first kappa shape index (κ1) is 9.43. The number of nitrogens with zero attached hydrogens (tertiary/aromatic N) is 4. The average Bonchev–Trinajstić information content (AvgIpc) is 2.50. The van der Waals surface area contributed by atoms with E-state index in [2.05, 4.69) is 26.2 Å². The van der Waals surface area contributed by atoms with Crippen LogP contribution in [0.3, 0.4) is 0 Å². The molecule has 0 fully saturated rings. The standard InChI is InChI=1S/C6H12N6O/c1-4(5(13)7-2)8-6-9-10-11-12(6)3/h4H,1-3H3,(H,7,13)(H,8,9,11). The third kappa shape index (κ3) is 2.14. The third-order valence-corrected chi connectivity index (χ3v) is 1.61. The fraction of sp³-hybridized carbons (Fsp3) is 0.667. The van der Waals surface area contributed by atoms with Crippen LogP contribution in [-0.2, 0) is 11.8 Å². The Bertz CT molecular complexity index is 295. The minimum Gasteiger partial charge on any atom is -0.357 e. The third-order valence-electron chi connectivity index (χ3n) is 1.61. The lowest BCUT2D eigenvalue weighted by atomic mass is 10.3. The molecule has 13 heavy (non-hydrogen) atoms. The summed E-state index contributed by atoms with van der Waals surface area (Å²) in [5.41, 5.74) is 0. The van der Waals surface area contributed by atoms with Gasteiger partial charge in [-0.2, -0.15) is 0 Å². The maximum absolute atomic E-state index is 11.1. The molecule has 1 aromatic rings. The van der Waals surface area contributed by atoms with Gasteiger partial charge in [0.25, 0.3) is 0 Å². The van der Waals surface area contributed by atoms with Crippen molar-refractivity contribution in [2.75, 3.05) is 12.4 Å². The van der Waals surface area contributed by atoms with E-state index in [1.54, 1.807) is 21.0 Å². The van der Waals surface area contributed by atoms with Crippen molar-refractivity contribution in [3.05, 3.63) is 0 Å². The van der Waals surface area contributed by atoms with Gasteiger partial charge in [0.05, 0.1) is 0 Å². The Balaban J connectivity index is 2.59. The summed E-state index contributed by atoms with van der Waals surface area (Å²) in [4.78, 5) is 11.1. The van der Waals surface area contributed by atoms with E-state index in [0.717, 1.165) is 0 Å². The predicted octanol–water partition coefficient (Wildman–Crippen LogP) is -1.24. The van der Waals surface area contributed by atoms with Crippen molar-refractivity contribution in [1.29, 1.82) is 0 Å². The molecule has 0 saturated carbocycles. The maximum atomic E-state index is 11.1. The molecule has 0 aromatic carbocycles. The van der Waals surface area contributed by atoms with Gasteiger partial charge < -0.3 is 10.6 Å². The summed E-state index contributed by atoms with van der Waals surface area (Å²) in [6, 6.07) is -0.352. The van der Waals surface area contributed by atoms with E-state index in [1.165, 1.54) is 4.68 Å².